The lowest BCUT2D eigenvalue weighted by Crippen LogP contribution is -2.55. The van der Waals surface area contributed by atoms with Crippen LogP contribution in [0.3, 0.4) is 0 Å². The van der Waals surface area contributed by atoms with Gasteiger partial charge in [-0.2, -0.15) is 0 Å². The number of halogens is 1. The fraction of sp³-hybridized carbons (Fsp3) is 0.478. The number of hydrogen-bond donors (Lipinski definition) is 0. The van der Waals surface area contributed by atoms with E-state index in [0.29, 0.717) is 17.1 Å². The molecule has 2 aliphatic rings. The van der Waals surface area contributed by atoms with Crippen LogP contribution in [0.5, 0.6) is 17.2 Å². The second-order valence-corrected chi connectivity index (χ2v) is 8.12. The maximum atomic E-state index is 6.21. The Morgan fingerprint density at radius 1 is 0.862 bits per heavy atom. The molecule has 2 aliphatic heterocycles. The number of rotatable bonds is 5. The van der Waals surface area contributed by atoms with Gasteiger partial charge in [-0.25, -0.2) is 0 Å². The SMILES string of the molecule is COc1cc(N2CCN3[C@@H](CCC[C@@H]3c3ccc(OC)c(OC)c3)C2)ccc1Cl. The summed E-state index contributed by atoms with van der Waals surface area (Å²) in [7, 11) is 5.04. The Morgan fingerprint density at radius 2 is 1.66 bits per heavy atom. The molecule has 2 aromatic carbocycles. The molecule has 0 radical (unpaired) electrons. The van der Waals surface area contributed by atoms with Gasteiger partial charge < -0.3 is 19.1 Å². The molecular formula is C23H29ClN2O3. The molecule has 2 heterocycles. The maximum absolute atomic E-state index is 6.21. The number of nitrogens with zero attached hydrogens (tertiary/aromatic N) is 2. The van der Waals surface area contributed by atoms with Crippen molar-refractivity contribution in [2.75, 3.05) is 45.9 Å². The summed E-state index contributed by atoms with van der Waals surface area (Å²) in [6, 6.07) is 13.4. The third-order valence-corrected chi connectivity index (χ3v) is 6.55. The van der Waals surface area contributed by atoms with E-state index in [0.717, 1.165) is 36.9 Å². The van der Waals surface area contributed by atoms with Gasteiger partial charge in [-0.1, -0.05) is 17.7 Å². The fourth-order valence-corrected chi connectivity index (χ4v) is 4.94. The Morgan fingerprint density at radius 3 is 2.41 bits per heavy atom. The number of anilines is 1. The molecule has 0 spiro atoms. The minimum atomic E-state index is 0.426. The molecule has 6 heteroatoms. The van der Waals surface area contributed by atoms with Gasteiger partial charge in [-0.05, 0) is 49.1 Å². The number of fused-ring (bicyclic) bond motifs is 1. The van der Waals surface area contributed by atoms with Gasteiger partial charge in [0, 0.05) is 43.5 Å². The predicted octanol–water partition coefficient (Wildman–Crippen LogP) is 4.78. The highest BCUT2D eigenvalue weighted by Gasteiger charge is 2.36. The molecule has 0 unspecified atom stereocenters. The van der Waals surface area contributed by atoms with Crippen LogP contribution in [0.4, 0.5) is 5.69 Å². The first-order chi connectivity index (χ1) is 14.1. The smallest absolute Gasteiger partial charge is 0.161 e. The van der Waals surface area contributed by atoms with Crippen LogP contribution in [-0.4, -0.2) is 51.9 Å². The first-order valence-electron chi connectivity index (χ1n) is 10.2. The second kappa shape index (κ2) is 8.72. The minimum Gasteiger partial charge on any atom is -0.495 e. The van der Waals surface area contributed by atoms with E-state index in [1.807, 2.05) is 18.2 Å². The summed E-state index contributed by atoms with van der Waals surface area (Å²) in [5, 5.41) is 0.654. The molecule has 2 fully saturated rings. The lowest BCUT2D eigenvalue weighted by molar-refractivity contribution is 0.0715. The molecule has 2 saturated heterocycles. The van der Waals surface area contributed by atoms with Crippen LogP contribution in [0.25, 0.3) is 0 Å². The molecule has 2 atom stereocenters. The zero-order valence-corrected chi connectivity index (χ0v) is 18.1. The van der Waals surface area contributed by atoms with Crippen LogP contribution in [0, 0.1) is 0 Å². The lowest BCUT2D eigenvalue weighted by atomic mass is 9.89. The summed E-state index contributed by atoms with van der Waals surface area (Å²) in [6.07, 6.45) is 3.64. The molecule has 0 aromatic heterocycles. The Balaban J connectivity index is 1.53. The molecule has 5 nitrogen and oxygen atoms in total. The van der Waals surface area contributed by atoms with E-state index in [2.05, 4.69) is 28.0 Å². The molecule has 156 valence electrons. The van der Waals surface area contributed by atoms with Gasteiger partial charge in [-0.3, -0.25) is 4.90 Å². The maximum Gasteiger partial charge on any atom is 0.161 e. The fourth-order valence-electron chi connectivity index (χ4n) is 4.75. The summed E-state index contributed by atoms with van der Waals surface area (Å²) < 4.78 is 16.4. The van der Waals surface area contributed by atoms with Crippen molar-refractivity contribution in [1.29, 1.82) is 0 Å². The second-order valence-electron chi connectivity index (χ2n) is 7.72. The van der Waals surface area contributed by atoms with Crippen LogP contribution in [0.2, 0.25) is 5.02 Å². The normalized spacial score (nSPS) is 22.1. The standard InChI is InChI=1S/C23H29ClN2O3/c1-27-21-10-7-16(13-23(21)29-3)20-6-4-5-18-15-25(11-12-26(18)20)17-8-9-19(24)22(14-17)28-2/h7-10,13-14,18,20H,4-6,11-12,15H2,1-3H3/t18-,20+/m0/s1. The lowest BCUT2D eigenvalue weighted by Gasteiger charge is -2.49. The van der Waals surface area contributed by atoms with E-state index >= 15 is 0 Å². The van der Waals surface area contributed by atoms with Crippen LogP contribution in [-0.2, 0) is 0 Å². The van der Waals surface area contributed by atoms with E-state index in [4.69, 9.17) is 25.8 Å². The highest BCUT2D eigenvalue weighted by Crippen LogP contribution is 2.40. The summed E-state index contributed by atoms with van der Waals surface area (Å²) in [4.78, 5) is 5.13. The number of methoxy groups -OCH3 is 3. The van der Waals surface area contributed by atoms with Crippen LogP contribution in [0.15, 0.2) is 36.4 Å². The Kier molecular flexibility index (Phi) is 6.07. The summed E-state index contributed by atoms with van der Waals surface area (Å²) in [5.74, 6) is 2.32. The first-order valence-corrected chi connectivity index (χ1v) is 10.6. The van der Waals surface area contributed by atoms with Crippen molar-refractivity contribution in [3.8, 4) is 17.2 Å². The average molecular weight is 417 g/mol. The molecule has 0 amide bonds. The number of hydrogen-bond acceptors (Lipinski definition) is 5. The molecule has 29 heavy (non-hydrogen) atoms. The highest BCUT2D eigenvalue weighted by atomic mass is 35.5. The predicted molar refractivity (Wildman–Crippen MR) is 117 cm³/mol. The van der Waals surface area contributed by atoms with Gasteiger partial charge in [0.1, 0.15) is 5.75 Å². The monoisotopic (exact) mass is 416 g/mol. The third-order valence-electron chi connectivity index (χ3n) is 6.24. The number of ether oxygens (including phenoxy) is 3. The molecule has 0 bridgehead atoms. The minimum absolute atomic E-state index is 0.426. The van der Waals surface area contributed by atoms with Crippen molar-refractivity contribution >= 4 is 17.3 Å². The van der Waals surface area contributed by atoms with Gasteiger partial charge >= 0.3 is 0 Å². The van der Waals surface area contributed by atoms with E-state index < -0.39 is 0 Å². The van der Waals surface area contributed by atoms with E-state index in [-0.39, 0.29) is 0 Å². The van der Waals surface area contributed by atoms with Crippen molar-refractivity contribution in [3.05, 3.63) is 47.0 Å². The third kappa shape index (κ3) is 3.99. The van der Waals surface area contributed by atoms with Gasteiger partial charge in [0.2, 0.25) is 0 Å². The van der Waals surface area contributed by atoms with Gasteiger partial charge in [0.25, 0.3) is 0 Å². The van der Waals surface area contributed by atoms with Crippen LogP contribution in [0.1, 0.15) is 30.9 Å². The Bertz CT molecular complexity index is 860. The summed E-state index contributed by atoms with van der Waals surface area (Å²) >= 11 is 6.21. The van der Waals surface area contributed by atoms with E-state index in [1.165, 1.54) is 30.5 Å². The highest BCUT2D eigenvalue weighted by molar-refractivity contribution is 6.32. The summed E-state index contributed by atoms with van der Waals surface area (Å²) in [6.45, 7) is 3.05. The van der Waals surface area contributed by atoms with Crippen molar-refractivity contribution in [1.82, 2.24) is 4.90 Å². The topological polar surface area (TPSA) is 34.2 Å². The molecule has 0 aliphatic carbocycles. The summed E-state index contributed by atoms with van der Waals surface area (Å²) in [5.41, 5.74) is 2.49. The zero-order chi connectivity index (χ0) is 20.4. The largest absolute Gasteiger partial charge is 0.495 e. The van der Waals surface area contributed by atoms with Gasteiger partial charge in [-0.15, -0.1) is 0 Å². The molecule has 4 rings (SSSR count). The van der Waals surface area contributed by atoms with E-state index in [1.54, 1.807) is 21.3 Å². The average Bonchev–Trinajstić information content (AvgIpc) is 2.78. The number of piperazine rings is 1. The van der Waals surface area contributed by atoms with Crippen LogP contribution >= 0.6 is 11.6 Å². The molecular weight excluding hydrogens is 388 g/mol. The molecule has 0 saturated carbocycles. The first kappa shape index (κ1) is 20.2. The van der Waals surface area contributed by atoms with Gasteiger partial charge in [0.05, 0.1) is 26.4 Å². The Hall–Kier alpha value is -2.11. The van der Waals surface area contributed by atoms with Crippen molar-refractivity contribution < 1.29 is 14.2 Å². The van der Waals surface area contributed by atoms with Gasteiger partial charge in [0.15, 0.2) is 11.5 Å². The number of benzene rings is 2. The Labute approximate surface area is 178 Å². The van der Waals surface area contributed by atoms with Crippen molar-refractivity contribution in [2.24, 2.45) is 0 Å². The van der Waals surface area contributed by atoms with Crippen LogP contribution < -0.4 is 19.1 Å². The molecule has 0 N–H and O–H groups in total. The molecule has 2 aromatic rings. The van der Waals surface area contributed by atoms with Crippen molar-refractivity contribution in [2.45, 2.75) is 31.3 Å². The quantitative estimate of drug-likeness (QED) is 0.700. The number of piperidine rings is 1. The zero-order valence-electron chi connectivity index (χ0n) is 17.4. The van der Waals surface area contributed by atoms with Crippen molar-refractivity contribution in [3.63, 3.8) is 0 Å². The van der Waals surface area contributed by atoms with E-state index in [9.17, 15) is 0 Å².